The number of hydrogen-bond acceptors (Lipinski definition) is 3. The minimum atomic E-state index is -0.810. The molecule has 3 rings (SSSR count). The van der Waals surface area contributed by atoms with Crippen molar-refractivity contribution in [2.45, 2.75) is 58.0 Å². The number of nitrogens with one attached hydrogen (secondary N) is 1. The topological polar surface area (TPSA) is 66.5 Å². The number of benzene rings is 1. The summed E-state index contributed by atoms with van der Waals surface area (Å²) in [6.45, 7) is 3.82. The summed E-state index contributed by atoms with van der Waals surface area (Å²) < 4.78 is 0.735. The average Bonchev–Trinajstić information content (AvgIpc) is 2.85. The second kappa shape index (κ2) is 7.28. The Morgan fingerprint density at radius 1 is 1.20 bits per heavy atom. The van der Waals surface area contributed by atoms with E-state index in [1.54, 1.807) is 25.1 Å². The molecule has 2 aliphatic rings. The molecule has 1 aromatic carbocycles. The van der Waals surface area contributed by atoms with Gasteiger partial charge in [-0.05, 0) is 56.7 Å². The zero-order chi connectivity index (χ0) is 18.1. The summed E-state index contributed by atoms with van der Waals surface area (Å²) in [4.78, 5) is 38.8. The van der Waals surface area contributed by atoms with E-state index in [1.165, 1.54) is 6.42 Å². The summed E-state index contributed by atoms with van der Waals surface area (Å²) in [5, 5.41) is 3.03. The van der Waals surface area contributed by atoms with Gasteiger partial charge in [0.05, 0.1) is 11.1 Å². The van der Waals surface area contributed by atoms with Crippen LogP contribution in [0.4, 0.5) is 0 Å². The molecule has 1 unspecified atom stereocenters. The van der Waals surface area contributed by atoms with Gasteiger partial charge in [-0.3, -0.25) is 19.3 Å². The van der Waals surface area contributed by atoms with E-state index in [2.05, 4.69) is 28.2 Å². The lowest BCUT2D eigenvalue weighted by atomic mass is 9.84. The highest BCUT2D eigenvalue weighted by Gasteiger charge is 2.41. The van der Waals surface area contributed by atoms with Gasteiger partial charge in [-0.2, -0.15) is 0 Å². The van der Waals surface area contributed by atoms with Crippen molar-refractivity contribution in [2.75, 3.05) is 0 Å². The fraction of sp³-hybridized carbons (Fsp3) is 0.526. The molecule has 1 aliphatic heterocycles. The third kappa shape index (κ3) is 3.50. The van der Waals surface area contributed by atoms with Crippen LogP contribution in [0.5, 0.6) is 0 Å². The molecule has 0 bridgehead atoms. The highest BCUT2D eigenvalue weighted by molar-refractivity contribution is 9.10. The molecule has 1 aromatic rings. The van der Waals surface area contributed by atoms with E-state index >= 15 is 0 Å². The Hall–Kier alpha value is -1.69. The third-order valence-corrected chi connectivity index (χ3v) is 5.91. The molecule has 1 aliphatic carbocycles. The highest BCUT2D eigenvalue weighted by Crippen LogP contribution is 2.29. The molecule has 5 nitrogen and oxygen atoms in total. The van der Waals surface area contributed by atoms with Crippen LogP contribution in [-0.2, 0) is 4.79 Å². The van der Waals surface area contributed by atoms with E-state index in [4.69, 9.17) is 0 Å². The predicted molar refractivity (Wildman–Crippen MR) is 98.3 cm³/mol. The van der Waals surface area contributed by atoms with Crippen LogP contribution in [-0.4, -0.2) is 34.7 Å². The molecule has 134 valence electrons. The maximum atomic E-state index is 12.6. The van der Waals surface area contributed by atoms with Crippen LogP contribution in [0.25, 0.3) is 0 Å². The Labute approximate surface area is 156 Å². The molecule has 3 amide bonds. The van der Waals surface area contributed by atoms with Crippen molar-refractivity contribution in [1.82, 2.24) is 10.2 Å². The lowest BCUT2D eigenvalue weighted by molar-refractivity contribution is -0.125. The third-order valence-electron chi connectivity index (χ3n) is 5.42. The predicted octanol–water partition coefficient (Wildman–Crippen LogP) is 3.52. The average molecular weight is 407 g/mol. The molecule has 1 saturated carbocycles. The van der Waals surface area contributed by atoms with Crippen molar-refractivity contribution in [1.29, 1.82) is 0 Å². The first-order valence-electron chi connectivity index (χ1n) is 8.90. The molecule has 25 heavy (non-hydrogen) atoms. The first kappa shape index (κ1) is 18.1. The van der Waals surface area contributed by atoms with Gasteiger partial charge in [-0.1, -0.05) is 29.3 Å². The molecule has 0 radical (unpaired) electrons. The molecule has 1 N–H and O–H groups in total. The second-order valence-electron chi connectivity index (χ2n) is 6.98. The van der Waals surface area contributed by atoms with Crippen LogP contribution in [0.15, 0.2) is 22.7 Å². The molecule has 1 fully saturated rings. The number of rotatable bonds is 4. The SMILES string of the molecule is CCC1CCC(NC(=O)C(C)N2C(=O)c3ccc(Br)cc3C2=O)CC1. The van der Waals surface area contributed by atoms with Crippen LogP contribution in [0.2, 0.25) is 0 Å². The van der Waals surface area contributed by atoms with Gasteiger partial charge >= 0.3 is 0 Å². The van der Waals surface area contributed by atoms with Crippen molar-refractivity contribution in [3.8, 4) is 0 Å². The maximum absolute atomic E-state index is 12.6. The number of amides is 3. The lowest BCUT2D eigenvalue weighted by Gasteiger charge is -2.30. The first-order chi connectivity index (χ1) is 11.9. The number of imide groups is 1. The molecule has 0 spiro atoms. The molecule has 0 saturated heterocycles. The number of nitrogens with zero attached hydrogens (tertiary/aromatic N) is 1. The van der Waals surface area contributed by atoms with E-state index in [-0.39, 0.29) is 11.9 Å². The molecular weight excluding hydrogens is 384 g/mol. The Balaban J connectivity index is 1.67. The quantitative estimate of drug-likeness (QED) is 0.777. The lowest BCUT2D eigenvalue weighted by Crippen LogP contribution is -2.50. The zero-order valence-corrected chi connectivity index (χ0v) is 16.1. The normalized spacial score (nSPS) is 24.2. The van der Waals surface area contributed by atoms with E-state index in [0.29, 0.717) is 11.1 Å². The Bertz CT molecular complexity index is 711. The fourth-order valence-electron chi connectivity index (χ4n) is 3.74. The number of carbonyl (C=O) groups excluding carboxylic acids is 3. The van der Waals surface area contributed by atoms with Gasteiger partial charge in [-0.25, -0.2) is 0 Å². The summed E-state index contributed by atoms with van der Waals surface area (Å²) in [6, 6.07) is 4.31. The summed E-state index contributed by atoms with van der Waals surface area (Å²) in [6.07, 6.45) is 5.35. The number of carbonyl (C=O) groups is 3. The zero-order valence-electron chi connectivity index (χ0n) is 14.5. The van der Waals surface area contributed by atoms with E-state index in [0.717, 1.165) is 41.0 Å². The van der Waals surface area contributed by atoms with E-state index < -0.39 is 17.9 Å². The van der Waals surface area contributed by atoms with Gasteiger partial charge in [-0.15, -0.1) is 0 Å². The van der Waals surface area contributed by atoms with Gasteiger partial charge in [0.1, 0.15) is 6.04 Å². The number of halogens is 1. The van der Waals surface area contributed by atoms with Gasteiger partial charge in [0.15, 0.2) is 0 Å². The Morgan fingerprint density at radius 2 is 1.84 bits per heavy atom. The van der Waals surface area contributed by atoms with Gasteiger partial charge in [0.25, 0.3) is 11.8 Å². The van der Waals surface area contributed by atoms with Gasteiger partial charge in [0.2, 0.25) is 5.91 Å². The van der Waals surface area contributed by atoms with Crippen molar-refractivity contribution in [2.24, 2.45) is 5.92 Å². The minimum absolute atomic E-state index is 0.141. The van der Waals surface area contributed by atoms with E-state index in [9.17, 15) is 14.4 Å². The van der Waals surface area contributed by atoms with Crippen LogP contribution < -0.4 is 5.32 Å². The van der Waals surface area contributed by atoms with Crippen LogP contribution in [0, 0.1) is 5.92 Å². The second-order valence-corrected chi connectivity index (χ2v) is 7.90. The summed E-state index contributed by atoms with van der Waals surface area (Å²) in [7, 11) is 0. The molecule has 6 heteroatoms. The summed E-state index contributed by atoms with van der Waals surface area (Å²) >= 11 is 3.31. The maximum Gasteiger partial charge on any atom is 0.262 e. The minimum Gasteiger partial charge on any atom is -0.352 e. The van der Waals surface area contributed by atoms with Crippen LogP contribution in [0.3, 0.4) is 0 Å². The monoisotopic (exact) mass is 406 g/mol. The van der Waals surface area contributed by atoms with Crippen molar-refractivity contribution in [3.05, 3.63) is 33.8 Å². The van der Waals surface area contributed by atoms with Crippen molar-refractivity contribution < 1.29 is 14.4 Å². The van der Waals surface area contributed by atoms with E-state index in [1.807, 2.05) is 0 Å². The van der Waals surface area contributed by atoms with Crippen LogP contribution >= 0.6 is 15.9 Å². The van der Waals surface area contributed by atoms with Crippen molar-refractivity contribution in [3.63, 3.8) is 0 Å². The smallest absolute Gasteiger partial charge is 0.262 e. The Kier molecular flexibility index (Phi) is 5.27. The van der Waals surface area contributed by atoms with Gasteiger partial charge < -0.3 is 5.32 Å². The molecular formula is C19H23BrN2O3. The first-order valence-corrected chi connectivity index (χ1v) is 9.69. The molecule has 1 atom stereocenters. The number of hydrogen-bond donors (Lipinski definition) is 1. The highest BCUT2D eigenvalue weighted by atomic mass is 79.9. The fourth-order valence-corrected chi connectivity index (χ4v) is 4.10. The largest absolute Gasteiger partial charge is 0.352 e. The standard InChI is InChI=1S/C19H23BrN2O3/c1-3-12-4-7-14(8-5-12)21-17(23)11(2)22-18(24)15-9-6-13(20)10-16(15)19(22)25/h6,9-12,14H,3-5,7-8H2,1-2H3,(H,21,23). The number of fused-ring (bicyclic) bond motifs is 1. The van der Waals surface area contributed by atoms with Gasteiger partial charge in [0, 0.05) is 10.5 Å². The molecule has 1 heterocycles. The molecule has 0 aromatic heterocycles. The van der Waals surface area contributed by atoms with Crippen molar-refractivity contribution >= 4 is 33.7 Å². The summed E-state index contributed by atoms with van der Waals surface area (Å²) in [5.74, 6) is -0.308. The summed E-state index contributed by atoms with van der Waals surface area (Å²) in [5.41, 5.74) is 0.707. The van der Waals surface area contributed by atoms with Crippen LogP contribution in [0.1, 0.15) is 66.7 Å². The Morgan fingerprint density at radius 3 is 2.48 bits per heavy atom.